The number of hydrogen-bond donors (Lipinski definition) is 2. The molecule has 1 aliphatic heterocycles. The van der Waals surface area contributed by atoms with Gasteiger partial charge in [0.2, 0.25) is 0 Å². The number of aromatic amines is 1. The highest BCUT2D eigenvalue weighted by Gasteiger charge is 2.24. The van der Waals surface area contributed by atoms with Gasteiger partial charge < -0.3 is 15.2 Å². The van der Waals surface area contributed by atoms with Crippen LogP contribution in [0, 0.1) is 0 Å². The van der Waals surface area contributed by atoms with Crippen molar-refractivity contribution in [3.05, 3.63) is 60.3 Å². The predicted octanol–water partition coefficient (Wildman–Crippen LogP) is 3.79. The lowest BCUT2D eigenvalue weighted by atomic mass is 10.2. The van der Waals surface area contributed by atoms with Gasteiger partial charge in [-0.05, 0) is 18.2 Å². The van der Waals surface area contributed by atoms with Crippen molar-refractivity contribution in [1.82, 2.24) is 15.2 Å². The number of fused-ring (bicyclic) bond motifs is 1. The van der Waals surface area contributed by atoms with E-state index >= 15 is 0 Å². The second kappa shape index (κ2) is 7.95. The maximum Gasteiger partial charge on any atom is 0.271 e. The summed E-state index contributed by atoms with van der Waals surface area (Å²) in [7, 11) is 0. The molecule has 3 aromatic rings. The summed E-state index contributed by atoms with van der Waals surface area (Å²) in [5, 5.41) is 4.39. The molecular weight excluding hydrogens is 354 g/mol. The zero-order valence-electron chi connectivity index (χ0n) is 13.7. The lowest BCUT2D eigenvalue weighted by Crippen LogP contribution is -2.46. The molecule has 0 radical (unpaired) electrons. The van der Waals surface area contributed by atoms with Crippen LogP contribution in [0.5, 0.6) is 0 Å². The summed E-state index contributed by atoms with van der Waals surface area (Å²) in [6.45, 7) is 3.22. The molecule has 1 saturated heterocycles. The Morgan fingerprint density at radius 1 is 0.960 bits per heavy atom. The predicted molar refractivity (Wildman–Crippen MR) is 105 cm³/mol. The summed E-state index contributed by atoms with van der Waals surface area (Å²) in [6.07, 6.45) is 0. The van der Waals surface area contributed by atoms with Gasteiger partial charge in [0.1, 0.15) is 5.69 Å². The van der Waals surface area contributed by atoms with Crippen molar-refractivity contribution in [2.45, 2.75) is 9.79 Å². The van der Waals surface area contributed by atoms with Crippen molar-refractivity contribution in [2.75, 3.05) is 26.2 Å². The normalized spacial score (nSPS) is 14.3. The molecule has 0 saturated carbocycles. The summed E-state index contributed by atoms with van der Waals surface area (Å²) in [5.41, 5.74) is 1.71. The number of aromatic nitrogens is 1. The minimum absolute atomic E-state index is 0. The van der Waals surface area contributed by atoms with E-state index < -0.39 is 0 Å². The molecule has 2 heterocycles. The average Bonchev–Trinajstić information content (AvgIpc) is 3.01. The Labute approximate surface area is 157 Å². The molecule has 0 atom stereocenters. The molecule has 1 aromatic heterocycles. The van der Waals surface area contributed by atoms with E-state index in [1.54, 1.807) is 11.8 Å². The highest BCUT2D eigenvalue weighted by atomic mass is 35.5. The molecule has 25 heavy (non-hydrogen) atoms. The summed E-state index contributed by atoms with van der Waals surface area (Å²) < 4.78 is 0. The minimum Gasteiger partial charge on any atom is -0.350 e. The standard InChI is InChI=1S/C19H19N3OS.ClH/c23-19(22-12-10-20-11-13-22)17-18(24-14-6-2-1-3-7-14)15-8-4-5-9-16(15)21-17;/h1-9,20-21H,10-13H2;1H. The van der Waals surface area contributed by atoms with Crippen molar-refractivity contribution in [1.29, 1.82) is 0 Å². The number of halogens is 1. The number of piperazine rings is 1. The Morgan fingerprint density at radius 2 is 1.64 bits per heavy atom. The number of para-hydroxylation sites is 1. The van der Waals surface area contributed by atoms with E-state index in [0.717, 1.165) is 46.9 Å². The van der Waals surface area contributed by atoms with Gasteiger partial charge >= 0.3 is 0 Å². The smallest absolute Gasteiger partial charge is 0.271 e. The number of rotatable bonds is 3. The van der Waals surface area contributed by atoms with Crippen LogP contribution in [0.2, 0.25) is 0 Å². The Kier molecular flexibility index (Phi) is 5.68. The number of H-pyrrole nitrogens is 1. The summed E-state index contributed by atoms with van der Waals surface area (Å²) in [5.74, 6) is 0.0890. The quantitative estimate of drug-likeness (QED) is 0.734. The Hall–Kier alpha value is -1.95. The zero-order valence-corrected chi connectivity index (χ0v) is 15.3. The van der Waals surface area contributed by atoms with E-state index in [4.69, 9.17) is 0 Å². The Morgan fingerprint density at radius 3 is 2.40 bits per heavy atom. The molecule has 4 rings (SSSR count). The maximum atomic E-state index is 13.0. The van der Waals surface area contributed by atoms with E-state index in [1.807, 2.05) is 41.3 Å². The average molecular weight is 374 g/mol. The van der Waals surface area contributed by atoms with Gasteiger partial charge in [-0.3, -0.25) is 4.79 Å². The van der Waals surface area contributed by atoms with Gasteiger partial charge in [0.25, 0.3) is 5.91 Å². The summed E-state index contributed by atoms with van der Waals surface area (Å²) in [6, 6.07) is 18.3. The van der Waals surface area contributed by atoms with Gasteiger partial charge in [0.15, 0.2) is 0 Å². The number of nitrogens with zero attached hydrogens (tertiary/aromatic N) is 1. The monoisotopic (exact) mass is 373 g/mol. The van der Waals surface area contributed by atoms with Gasteiger partial charge in [0, 0.05) is 42.0 Å². The van der Waals surface area contributed by atoms with Gasteiger partial charge in [-0.1, -0.05) is 48.2 Å². The third-order valence-corrected chi connectivity index (χ3v) is 5.38. The van der Waals surface area contributed by atoms with Crippen LogP contribution in [0.1, 0.15) is 10.5 Å². The lowest BCUT2D eigenvalue weighted by Gasteiger charge is -2.27. The Bertz CT molecular complexity index is 859. The summed E-state index contributed by atoms with van der Waals surface area (Å²) in [4.78, 5) is 20.5. The van der Waals surface area contributed by atoms with E-state index in [1.165, 1.54) is 0 Å². The largest absolute Gasteiger partial charge is 0.350 e. The highest BCUT2D eigenvalue weighted by Crippen LogP contribution is 2.37. The van der Waals surface area contributed by atoms with Gasteiger partial charge in [-0.15, -0.1) is 12.4 Å². The first-order valence-corrected chi connectivity index (χ1v) is 8.98. The maximum absolute atomic E-state index is 13.0. The van der Waals surface area contributed by atoms with Gasteiger partial charge in [-0.2, -0.15) is 0 Å². The fraction of sp³-hybridized carbons (Fsp3) is 0.211. The van der Waals surface area contributed by atoms with Crippen LogP contribution in [-0.4, -0.2) is 42.0 Å². The molecule has 1 aliphatic rings. The molecule has 1 amide bonds. The molecular formula is C19H20ClN3OS. The highest BCUT2D eigenvalue weighted by molar-refractivity contribution is 7.99. The van der Waals surface area contributed by atoms with E-state index in [-0.39, 0.29) is 18.3 Å². The van der Waals surface area contributed by atoms with E-state index in [2.05, 4.69) is 28.5 Å². The van der Waals surface area contributed by atoms with Crippen molar-refractivity contribution in [3.63, 3.8) is 0 Å². The van der Waals surface area contributed by atoms with Crippen molar-refractivity contribution in [2.24, 2.45) is 0 Å². The minimum atomic E-state index is 0. The fourth-order valence-electron chi connectivity index (χ4n) is 3.01. The van der Waals surface area contributed by atoms with E-state index in [0.29, 0.717) is 5.69 Å². The molecule has 2 aromatic carbocycles. The number of amides is 1. The number of carbonyl (C=O) groups excluding carboxylic acids is 1. The van der Waals surface area contributed by atoms with E-state index in [9.17, 15) is 4.79 Å². The van der Waals surface area contributed by atoms with Crippen molar-refractivity contribution in [3.8, 4) is 0 Å². The molecule has 6 heteroatoms. The topological polar surface area (TPSA) is 48.1 Å². The van der Waals surface area contributed by atoms with Crippen LogP contribution >= 0.6 is 24.2 Å². The molecule has 0 spiro atoms. The summed E-state index contributed by atoms with van der Waals surface area (Å²) >= 11 is 1.65. The van der Waals surface area contributed by atoms with Crippen LogP contribution in [0.25, 0.3) is 10.9 Å². The second-order valence-corrected chi connectivity index (χ2v) is 6.92. The first-order chi connectivity index (χ1) is 11.8. The Balaban J connectivity index is 0.00000182. The molecule has 0 unspecified atom stereocenters. The number of benzene rings is 2. The van der Waals surface area contributed by atoms with Crippen LogP contribution in [0.3, 0.4) is 0 Å². The van der Waals surface area contributed by atoms with Crippen molar-refractivity contribution < 1.29 is 4.79 Å². The van der Waals surface area contributed by atoms with Crippen LogP contribution in [0.15, 0.2) is 64.4 Å². The molecule has 1 fully saturated rings. The fourth-order valence-corrected chi connectivity index (χ4v) is 4.06. The third kappa shape index (κ3) is 3.68. The lowest BCUT2D eigenvalue weighted by molar-refractivity contribution is 0.0727. The first-order valence-electron chi connectivity index (χ1n) is 8.16. The van der Waals surface area contributed by atoms with Crippen LogP contribution < -0.4 is 5.32 Å². The van der Waals surface area contributed by atoms with Crippen molar-refractivity contribution >= 4 is 41.0 Å². The SMILES string of the molecule is Cl.O=C(c1[nH]c2ccccc2c1Sc1ccccc1)N1CCNCC1. The molecule has 4 nitrogen and oxygen atoms in total. The van der Waals surface area contributed by atoms with Crippen LogP contribution in [0.4, 0.5) is 0 Å². The second-order valence-electron chi connectivity index (χ2n) is 5.83. The number of carbonyl (C=O) groups is 1. The zero-order chi connectivity index (χ0) is 16.4. The number of hydrogen-bond acceptors (Lipinski definition) is 3. The third-order valence-electron chi connectivity index (χ3n) is 4.24. The molecule has 0 aliphatic carbocycles. The molecule has 130 valence electrons. The van der Waals surface area contributed by atoms with Crippen LogP contribution in [-0.2, 0) is 0 Å². The number of nitrogens with one attached hydrogen (secondary N) is 2. The van der Waals surface area contributed by atoms with Gasteiger partial charge in [-0.25, -0.2) is 0 Å². The molecule has 0 bridgehead atoms. The first kappa shape index (κ1) is 17.9. The molecule has 2 N–H and O–H groups in total. The van der Waals surface area contributed by atoms with Gasteiger partial charge in [0.05, 0.1) is 4.90 Å².